The van der Waals surface area contributed by atoms with Crippen LogP contribution in [0.5, 0.6) is 0 Å². The lowest BCUT2D eigenvalue weighted by Crippen LogP contribution is -2.38. The van der Waals surface area contributed by atoms with Crippen molar-refractivity contribution < 1.29 is 1.37 Å². The first-order chi connectivity index (χ1) is 7.33. The Kier molecular flexibility index (Phi) is 2.21. The first kappa shape index (κ1) is 8.12. The zero-order valence-corrected chi connectivity index (χ0v) is 8.91. The Balaban J connectivity index is 1.56. The van der Waals surface area contributed by atoms with E-state index in [4.69, 9.17) is 1.37 Å². The van der Waals surface area contributed by atoms with Crippen LogP contribution in [0.15, 0.2) is 0 Å². The topological polar surface area (TPSA) is 15.3 Å². The van der Waals surface area contributed by atoms with Crippen molar-refractivity contribution in [3.8, 4) is 0 Å². The van der Waals surface area contributed by atoms with Gasteiger partial charge in [-0.15, -0.1) is 0 Å². The van der Waals surface area contributed by atoms with Crippen molar-refractivity contribution >= 4 is 0 Å². The molecule has 0 aromatic heterocycles. The third kappa shape index (κ3) is 1.59. The molecule has 3 rings (SSSR count). The fourth-order valence-corrected chi connectivity index (χ4v) is 3.57. The standard InChI is InChI=1S/C12H22N2/c1-2-4-14(5-3-1)12-6-10-8-13-9-11(10)7-12/h10-13H,1-9H2/i1D. The van der Waals surface area contributed by atoms with Crippen LogP contribution in [0.2, 0.25) is 0 Å². The molecule has 1 N–H and O–H groups in total. The Morgan fingerprint density at radius 1 is 1.07 bits per heavy atom. The Morgan fingerprint density at radius 2 is 1.71 bits per heavy atom. The van der Waals surface area contributed by atoms with E-state index in [1.165, 1.54) is 39.0 Å². The predicted molar refractivity (Wildman–Crippen MR) is 58.3 cm³/mol. The van der Waals surface area contributed by atoms with Crippen LogP contribution in [0.4, 0.5) is 0 Å². The van der Waals surface area contributed by atoms with E-state index in [0.29, 0.717) is 0 Å². The fourth-order valence-electron chi connectivity index (χ4n) is 3.57. The van der Waals surface area contributed by atoms with Gasteiger partial charge < -0.3 is 10.2 Å². The highest BCUT2D eigenvalue weighted by Gasteiger charge is 2.39. The second-order valence-corrected chi connectivity index (χ2v) is 5.21. The lowest BCUT2D eigenvalue weighted by molar-refractivity contribution is 0.159. The largest absolute Gasteiger partial charge is 0.316 e. The number of likely N-dealkylation sites (tertiary alicyclic amines) is 1. The molecule has 0 bridgehead atoms. The van der Waals surface area contributed by atoms with Gasteiger partial charge in [-0.25, -0.2) is 0 Å². The van der Waals surface area contributed by atoms with Gasteiger partial charge in [-0.1, -0.05) is 6.40 Å². The number of rotatable bonds is 1. The molecular weight excluding hydrogens is 172 g/mol. The van der Waals surface area contributed by atoms with E-state index < -0.39 is 0 Å². The molecule has 2 heteroatoms. The molecule has 2 nitrogen and oxygen atoms in total. The molecule has 14 heavy (non-hydrogen) atoms. The van der Waals surface area contributed by atoms with Gasteiger partial charge in [0.2, 0.25) is 0 Å². The molecule has 80 valence electrons. The smallest absolute Gasteiger partial charge is 0.0267 e. The van der Waals surface area contributed by atoms with Gasteiger partial charge in [0.25, 0.3) is 0 Å². The molecule has 0 radical (unpaired) electrons. The molecule has 3 aliphatic rings. The van der Waals surface area contributed by atoms with E-state index in [1.807, 2.05) is 0 Å². The van der Waals surface area contributed by atoms with Crippen LogP contribution in [0, 0.1) is 11.8 Å². The number of fused-ring (bicyclic) bond motifs is 1. The van der Waals surface area contributed by atoms with Crippen molar-refractivity contribution in [3.05, 3.63) is 0 Å². The summed E-state index contributed by atoms with van der Waals surface area (Å²) in [6.07, 6.45) is 5.26. The second-order valence-electron chi connectivity index (χ2n) is 5.21. The Hall–Kier alpha value is -0.0800. The quantitative estimate of drug-likeness (QED) is 0.681. The maximum absolute atomic E-state index is 7.72. The third-order valence-electron chi connectivity index (χ3n) is 4.39. The van der Waals surface area contributed by atoms with Crippen LogP contribution in [-0.2, 0) is 0 Å². The molecule has 3 fully saturated rings. The molecule has 1 aliphatic carbocycles. The van der Waals surface area contributed by atoms with Gasteiger partial charge in [-0.05, 0) is 63.7 Å². The van der Waals surface area contributed by atoms with Gasteiger partial charge in [0, 0.05) is 7.41 Å². The number of hydrogen-bond donors (Lipinski definition) is 1. The lowest BCUT2D eigenvalue weighted by atomic mass is 10.0. The van der Waals surface area contributed by atoms with Crippen molar-refractivity contribution in [2.45, 2.75) is 38.1 Å². The Bertz CT molecular complexity index is 214. The van der Waals surface area contributed by atoms with Crippen molar-refractivity contribution in [2.24, 2.45) is 11.8 Å². The normalized spacial score (nSPS) is 46.6. The summed E-state index contributed by atoms with van der Waals surface area (Å²) in [4.78, 5) is 2.67. The highest BCUT2D eigenvalue weighted by Crippen LogP contribution is 2.37. The molecular formula is C12H22N2. The minimum Gasteiger partial charge on any atom is -0.316 e. The summed E-state index contributed by atoms with van der Waals surface area (Å²) in [6.45, 7) is 4.89. The predicted octanol–water partition coefficient (Wildman–Crippen LogP) is 1.47. The van der Waals surface area contributed by atoms with E-state index in [1.54, 1.807) is 0 Å². The Labute approximate surface area is 88.5 Å². The van der Waals surface area contributed by atoms with Crippen molar-refractivity contribution in [1.82, 2.24) is 10.2 Å². The average Bonchev–Trinajstić information content (AvgIpc) is 2.78. The lowest BCUT2D eigenvalue weighted by Gasteiger charge is -2.32. The minimum absolute atomic E-state index is 0.226. The summed E-state index contributed by atoms with van der Waals surface area (Å²) < 4.78 is 7.72. The first-order valence-electron chi connectivity index (χ1n) is 6.77. The molecule has 0 amide bonds. The van der Waals surface area contributed by atoms with Crippen molar-refractivity contribution in [1.29, 1.82) is 0 Å². The molecule has 2 aliphatic heterocycles. The van der Waals surface area contributed by atoms with Crippen LogP contribution in [0.1, 0.15) is 33.5 Å². The molecule has 1 saturated carbocycles. The highest BCUT2D eigenvalue weighted by atomic mass is 15.2. The van der Waals surface area contributed by atoms with E-state index in [9.17, 15) is 0 Å². The highest BCUT2D eigenvalue weighted by molar-refractivity contribution is 4.94. The number of nitrogens with zero attached hydrogens (tertiary/aromatic N) is 1. The van der Waals surface area contributed by atoms with E-state index in [2.05, 4.69) is 10.2 Å². The summed E-state index contributed by atoms with van der Waals surface area (Å²) in [5.41, 5.74) is 0. The molecule has 0 aromatic rings. The molecule has 0 spiro atoms. The zero-order chi connectivity index (χ0) is 10.3. The molecule has 2 unspecified atom stereocenters. The summed E-state index contributed by atoms with van der Waals surface area (Å²) in [6, 6.07) is 0.856. The number of piperidine rings is 1. The number of hydrogen-bond acceptors (Lipinski definition) is 2. The second kappa shape index (κ2) is 3.82. The van der Waals surface area contributed by atoms with Crippen LogP contribution in [-0.4, -0.2) is 37.1 Å². The van der Waals surface area contributed by atoms with Crippen LogP contribution in [0.25, 0.3) is 0 Å². The summed E-state index contributed by atoms with van der Waals surface area (Å²) in [7, 11) is 0. The number of nitrogens with one attached hydrogen (secondary N) is 1. The Morgan fingerprint density at radius 3 is 2.36 bits per heavy atom. The first-order valence-corrected chi connectivity index (χ1v) is 6.20. The monoisotopic (exact) mass is 195 g/mol. The van der Waals surface area contributed by atoms with Gasteiger partial charge in [0.1, 0.15) is 0 Å². The van der Waals surface area contributed by atoms with Gasteiger partial charge >= 0.3 is 0 Å². The van der Waals surface area contributed by atoms with Gasteiger partial charge in [0.15, 0.2) is 0 Å². The van der Waals surface area contributed by atoms with Crippen LogP contribution >= 0.6 is 0 Å². The zero-order valence-electron chi connectivity index (χ0n) is 9.91. The molecule has 2 atom stereocenters. The van der Waals surface area contributed by atoms with Crippen LogP contribution < -0.4 is 5.32 Å². The molecule has 0 aromatic carbocycles. The molecule has 2 heterocycles. The van der Waals surface area contributed by atoms with Gasteiger partial charge in [-0.2, -0.15) is 0 Å². The average molecular weight is 195 g/mol. The van der Waals surface area contributed by atoms with Crippen molar-refractivity contribution in [2.75, 3.05) is 26.2 Å². The fraction of sp³-hybridized carbons (Fsp3) is 1.00. The van der Waals surface area contributed by atoms with E-state index in [-0.39, 0.29) is 6.40 Å². The minimum atomic E-state index is 0.226. The summed E-state index contributed by atoms with van der Waals surface area (Å²) in [5, 5.41) is 3.51. The molecule has 2 saturated heterocycles. The summed E-state index contributed by atoms with van der Waals surface area (Å²) in [5.74, 6) is 1.92. The van der Waals surface area contributed by atoms with E-state index >= 15 is 0 Å². The SMILES string of the molecule is [2H]C1CCN(C2CC3CNCC3C2)CC1. The van der Waals surface area contributed by atoms with Crippen LogP contribution in [0.3, 0.4) is 0 Å². The summed E-state index contributed by atoms with van der Waals surface area (Å²) >= 11 is 0. The van der Waals surface area contributed by atoms with Crippen molar-refractivity contribution in [3.63, 3.8) is 0 Å². The maximum atomic E-state index is 7.72. The maximum Gasteiger partial charge on any atom is 0.0267 e. The van der Waals surface area contributed by atoms with Gasteiger partial charge in [-0.3, -0.25) is 0 Å². The van der Waals surface area contributed by atoms with Gasteiger partial charge in [0.05, 0.1) is 0 Å². The third-order valence-corrected chi connectivity index (χ3v) is 4.39. The van der Waals surface area contributed by atoms with E-state index in [0.717, 1.165) is 30.7 Å².